The van der Waals surface area contributed by atoms with Crippen molar-refractivity contribution in [2.45, 2.75) is 16.8 Å². The Labute approximate surface area is 132 Å². The normalized spacial score (nSPS) is 10.8. The lowest BCUT2D eigenvalue weighted by molar-refractivity contribution is 1.01. The number of hydrogen-bond acceptors (Lipinski definition) is 4. The van der Waals surface area contributed by atoms with E-state index in [1.54, 1.807) is 18.0 Å². The zero-order valence-electron chi connectivity index (χ0n) is 11.5. The molecule has 0 bridgehead atoms. The lowest BCUT2D eigenvalue weighted by Gasteiger charge is -2.07. The highest BCUT2D eigenvalue weighted by Crippen LogP contribution is 2.33. The number of fused-ring (bicyclic) bond motifs is 1. The van der Waals surface area contributed by atoms with Gasteiger partial charge in [-0.05, 0) is 29.8 Å². The fourth-order valence-corrected chi connectivity index (χ4v) is 3.04. The average molecular weight is 316 g/mol. The van der Waals surface area contributed by atoms with Gasteiger partial charge < -0.3 is 5.32 Å². The average Bonchev–Trinajstić information content (AvgIpc) is 2.51. The summed E-state index contributed by atoms with van der Waals surface area (Å²) in [6.45, 7) is 2.79. The van der Waals surface area contributed by atoms with Gasteiger partial charge in [0, 0.05) is 11.4 Å². The lowest BCUT2D eigenvalue weighted by atomic mass is 10.1. The highest BCUT2D eigenvalue weighted by Gasteiger charge is 2.07. The molecule has 0 radical (unpaired) electrons. The molecule has 3 aromatic rings. The van der Waals surface area contributed by atoms with Crippen LogP contribution in [-0.4, -0.2) is 16.5 Å². The SMILES string of the molecule is CCNc1ncc(Cl)c(Sc2ccc3ccccc3c2)n1. The van der Waals surface area contributed by atoms with Crippen LogP contribution >= 0.6 is 23.4 Å². The van der Waals surface area contributed by atoms with Crippen molar-refractivity contribution in [3.05, 3.63) is 53.7 Å². The second-order valence-electron chi connectivity index (χ2n) is 4.49. The van der Waals surface area contributed by atoms with Gasteiger partial charge in [0.1, 0.15) is 5.03 Å². The first-order chi connectivity index (χ1) is 10.3. The minimum atomic E-state index is 0.565. The van der Waals surface area contributed by atoms with Crippen LogP contribution in [0.1, 0.15) is 6.92 Å². The van der Waals surface area contributed by atoms with E-state index in [2.05, 4.69) is 45.6 Å². The molecule has 1 N–H and O–H groups in total. The molecule has 5 heteroatoms. The summed E-state index contributed by atoms with van der Waals surface area (Å²) in [7, 11) is 0. The van der Waals surface area contributed by atoms with Crippen molar-refractivity contribution in [2.75, 3.05) is 11.9 Å². The van der Waals surface area contributed by atoms with Gasteiger partial charge in [0.15, 0.2) is 0 Å². The Bertz CT molecular complexity index is 776. The van der Waals surface area contributed by atoms with Crippen molar-refractivity contribution < 1.29 is 0 Å². The van der Waals surface area contributed by atoms with Crippen molar-refractivity contribution in [3.8, 4) is 0 Å². The van der Waals surface area contributed by atoms with Gasteiger partial charge >= 0.3 is 0 Å². The monoisotopic (exact) mass is 315 g/mol. The third-order valence-electron chi connectivity index (χ3n) is 2.98. The molecule has 0 spiro atoms. The topological polar surface area (TPSA) is 37.8 Å². The molecule has 0 unspecified atom stereocenters. The van der Waals surface area contributed by atoms with E-state index < -0.39 is 0 Å². The number of hydrogen-bond donors (Lipinski definition) is 1. The molecular weight excluding hydrogens is 302 g/mol. The summed E-state index contributed by atoms with van der Waals surface area (Å²) in [4.78, 5) is 9.71. The molecule has 0 saturated heterocycles. The maximum absolute atomic E-state index is 6.19. The Kier molecular flexibility index (Phi) is 4.27. The van der Waals surface area contributed by atoms with E-state index in [4.69, 9.17) is 11.6 Å². The second kappa shape index (κ2) is 6.33. The summed E-state index contributed by atoms with van der Waals surface area (Å²) < 4.78 is 0. The number of aromatic nitrogens is 2. The second-order valence-corrected chi connectivity index (χ2v) is 5.96. The zero-order valence-corrected chi connectivity index (χ0v) is 13.1. The lowest BCUT2D eigenvalue weighted by Crippen LogP contribution is -2.02. The van der Waals surface area contributed by atoms with E-state index in [1.165, 1.54) is 10.8 Å². The highest BCUT2D eigenvalue weighted by molar-refractivity contribution is 7.99. The molecule has 3 rings (SSSR count). The molecule has 2 aromatic carbocycles. The van der Waals surface area contributed by atoms with Gasteiger partial charge in [-0.3, -0.25) is 0 Å². The van der Waals surface area contributed by atoms with Crippen LogP contribution in [0.4, 0.5) is 5.95 Å². The van der Waals surface area contributed by atoms with Crippen molar-refractivity contribution >= 4 is 40.1 Å². The molecular formula is C16H14ClN3S. The number of nitrogens with zero attached hydrogens (tertiary/aromatic N) is 2. The standard InChI is InChI=1S/C16H14ClN3S/c1-2-18-16-19-10-14(17)15(20-16)21-13-8-7-11-5-3-4-6-12(11)9-13/h3-10H,2H2,1H3,(H,18,19,20). The fraction of sp³-hybridized carbons (Fsp3) is 0.125. The van der Waals surface area contributed by atoms with E-state index in [9.17, 15) is 0 Å². The number of rotatable bonds is 4. The summed E-state index contributed by atoms with van der Waals surface area (Å²) in [6, 6.07) is 14.6. The fourth-order valence-electron chi connectivity index (χ4n) is 2.01. The summed E-state index contributed by atoms with van der Waals surface area (Å²) in [6.07, 6.45) is 1.63. The Morgan fingerprint density at radius 2 is 1.95 bits per heavy atom. The Morgan fingerprint density at radius 3 is 2.76 bits per heavy atom. The van der Waals surface area contributed by atoms with Gasteiger partial charge in [-0.1, -0.05) is 53.7 Å². The van der Waals surface area contributed by atoms with Gasteiger partial charge in [-0.15, -0.1) is 0 Å². The van der Waals surface area contributed by atoms with Crippen LogP contribution < -0.4 is 5.32 Å². The number of halogens is 1. The molecule has 21 heavy (non-hydrogen) atoms. The number of nitrogens with one attached hydrogen (secondary N) is 1. The zero-order chi connectivity index (χ0) is 14.7. The highest BCUT2D eigenvalue weighted by atomic mass is 35.5. The molecule has 3 nitrogen and oxygen atoms in total. The van der Waals surface area contributed by atoms with E-state index in [-0.39, 0.29) is 0 Å². The molecule has 0 saturated carbocycles. The minimum Gasteiger partial charge on any atom is -0.354 e. The van der Waals surface area contributed by atoms with Crippen molar-refractivity contribution in [3.63, 3.8) is 0 Å². The van der Waals surface area contributed by atoms with Gasteiger partial charge in [-0.25, -0.2) is 9.97 Å². The molecule has 0 atom stereocenters. The van der Waals surface area contributed by atoms with Crippen molar-refractivity contribution in [1.82, 2.24) is 9.97 Å². The van der Waals surface area contributed by atoms with Crippen LogP contribution in [0.25, 0.3) is 10.8 Å². The first-order valence-electron chi connectivity index (χ1n) is 6.69. The molecule has 0 fully saturated rings. The summed E-state index contributed by atoms with van der Waals surface area (Å²) in [5.41, 5.74) is 0. The quantitative estimate of drug-likeness (QED) is 0.697. The largest absolute Gasteiger partial charge is 0.354 e. The van der Waals surface area contributed by atoms with Gasteiger partial charge in [0.25, 0.3) is 0 Å². The first kappa shape index (κ1) is 14.2. The Balaban J connectivity index is 1.92. The van der Waals surface area contributed by atoms with Crippen LogP contribution in [0, 0.1) is 0 Å². The van der Waals surface area contributed by atoms with Crippen LogP contribution in [0.2, 0.25) is 5.02 Å². The predicted molar refractivity (Wildman–Crippen MR) is 89.3 cm³/mol. The molecule has 0 aliphatic heterocycles. The van der Waals surface area contributed by atoms with Crippen molar-refractivity contribution in [2.24, 2.45) is 0 Å². The summed E-state index contributed by atoms with van der Waals surface area (Å²) >= 11 is 7.74. The smallest absolute Gasteiger partial charge is 0.223 e. The van der Waals surface area contributed by atoms with Crippen molar-refractivity contribution in [1.29, 1.82) is 0 Å². The number of anilines is 1. The van der Waals surface area contributed by atoms with E-state index in [0.717, 1.165) is 16.5 Å². The first-order valence-corrected chi connectivity index (χ1v) is 7.89. The Hall–Kier alpha value is -1.78. The predicted octanol–water partition coefficient (Wildman–Crippen LogP) is 4.87. The summed E-state index contributed by atoms with van der Waals surface area (Å²) in [5.74, 6) is 0.602. The van der Waals surface area contributed by atoms with Crippen LogP contribution in [0.3, 0.4) is 0 Å². The van der Waals surface area contributed by atoms with E-state index in [1.807, 2.05) is 19.1 Å². The maximum Gasteiger partial charge on any atom is 0.223 e. The van der Waals surface area contributed by atoms with E-state index in [0.29, 0.717) is 11.0 Å². The number of benzene rings is 2. The third kappa shape index (κ3) is 3.28. The minimum absolute atomic E-state index is 0.565. The molecule has 1 aromatic heterocycles. The molecule has 1 heterocycles. The van der Waals surface area contributed by atoms with Gasteiger partial charge in [0.05, 0.1) is 11.2 Å². The van der Waals surface area contributed by atoms with Crippen LogP contribution in [-0.2, 0) is 0 Å². The molecule has 106 valence electrons. The van der Waals surface area contributed by atoms with Gasteiger partial charge in [-0.2, -0.15) is 0 Å². The van der Waals surface area contributed by atoms with Gasteiger partial charge in [0.2, 0.25) is 5.95 Å². The molecule has 0 aliphatic rings. The summed E-state index contributed by atoms with van der Waals surface area (Å²) in [5, 5.41) is 6.86. The molecule has 0 amide bonds. The van der Waals surface area contributed by atoms with E-state index >= 15 is 0 Å². The maximum atomic E-state index is 6.19. The van der Waals surface area contributed by atoms with Crippen LogP contribution in [0.5, 0.6) is 0 Å². The molecule has 0 aliphatic carbocycles. The third-order valence-corrected chi connectivity index (χ3v) is 4.37. The van der Waals surface area contributed by atoms with Crippen LogP contribution in [0.15, 0.2) is 58.6 Å². The Morgan fingerprint density at radius 1 is 1.14 bits per heavy atom.